The molecule has 0 spiro atoms. The van der Waals surface area contributed by atoms with Gasteiger partial charge in [-0.15, -0.1) is 0 Å². The number of hydrogen-bond acceptors (Lipinski definition) is 4. The molecular weight excluding hydrogens is 328 g/mol. The smallest absolute Gasteiger partial charge is 0.317 e. The van der Waals surface area contributed by atoms with Gasteiger partial charge in [-0.05, 0) is 36.2 Å². The van der Waals surface area contributed by atoms with Gasteiger partial charge in [0.15, 0.2) is 0 Å². The zero-order valence-electron chi connectivity index (χ0n) is 14.8. The van der Waals surface area contributed by atoms with Gasteiger partial charge in [-0.1, -0.05) is 18.2 Å². The van der Waals surface area contributed by atoms with E-state index < -0.39 is 0 Å². The molecule has 0 saturated carbocycles. The predicted octanol–water partition coefficient (Wildman–Crippen LogP) is 2.89. The molecule has 0 unspecified atom stereocenters. The van der Waals surface area contributed by atoms with Crippen LogP contribution in [0.1, 0.15) is 5.56 Å². The highest BCUT2D eigenvalue weighted by molar-refractivity contribution is 5.84. The molecule has 0 radical (unpaired) electrons. The van der Waals surface area contributed by atoms with Crippen LogP contribution in [0.5, 0.6) is 5.75 Å². The molecule has 1 N–H and O–H groups in total. The average Bonchev–Trinajstić information content (AvgIpc) is 2.70. The SMILES string of the molecule is CN(CCc1ccncc1)C(=O)NCCOc1cccc2cccnc12. The van der Waals surface area contributed by atoms with Crippen molar-refractivity contribution in [3.05, 3.63) is 66.6 Å². The maximum Gasteiger partial charge on any atom is 0.317 e. The highest BCUT2D eigenvalue weighted by Crippen LogP contribution is 2.22. The van der Waals surface area contributed by atoms with Crippen LogP contribution in [-0.2, 0) is 6.42 Å². The van der Waals surface area contributed by atoms with Crippen LogP contribution in [0.3, 0.4) is 0 Å². The summed E-state index contributed by atoms with van der Waals surface area (Å²) in [6.07, 6.45) is 6.06. The van der Waals surface area contributed by atoms with Crippen molar-refractivity contribution < 1.29 is 9.53 Å². The molecule has 1 aromatic carbocycles. The third kappa shape index (κ3) is 4.69. The third-order valence-corrected chi connectivity index (χ3v) is 4.06. The van der Waals surface area contributed by atoms with Gasteiger partial charge >= 0.3 is 6.03 Å². The van der Waals surface area contributed by atoms with Crippen molar-refractivity contribution in [2.24, 2.45) is 0 Å². The predicted molar refractivity (Wildman–Crippen MR) is 101 cm³/mol. The molecule has 3 rings (SSSR count). The van der Waals surface area contributed by atoms with Crippen LogP contribution in [0.15, 0.2) is 61.1 Å². The Morgan fingerprint density at radius 2 is 1.92 bits per heavy atom. The molecule has 0 aliphatic carbocycles. The van der Waals surface area contributed by atoms with Gasteiger partial charge in [0.1, 0.15) is 17.9 Å². The van der Waals surface area contributed by atoms with Crippen molar-refractivity contribution >= 4 is 16.9 Å². The molecule has 0 saturated heterocycles. The number of amides is 2. The van der Waals surface area contributed by atoms with Crippen molar-refractivity contribution in [2.75, 3.05) is 26.7 Å². The summed E-state index contributed by atoms with van der Waals surface area (Å²) < 4.78 is 5.78. The van der Waals surface area contributed by atoms with Crippen LogP contribution >= 0.6 is 0 Å². The van der Waals surface area contributed by atoms with Crippen LogP contribution in [0.4, 0.5) is 4.79 Å². The van der Waals surface area contributed by atoms with Crippen LogP contribution in [0, 0.1) is 0 Å². The van der Waals surface area contributed by atoms with Gasteiger partial charge < -0.3 is 15.0 Å². The Morgan fingerprint density at radius 1 is 1.12 bits per heavy atom. The molecule has 134 valence electrons. The fourth-order valence-electron chi connectivity index (χ4n) is 2.59. The molecule has 6 nitrogen and oxygen atoms in total. The van der Waals surface area contributed by atoms with Crippen molar-refractivity contribution in [1.82, 2.24) is 20.2 Å². The molecule has 0 atom stereocenters. The number of likely N-dealkylation sites (N-methyl/N-ethyl adjacent to an activating group) is 1. The maximum atomic E-state index is 12.1. The van der Waals surface area contributed by atoms with E-state index in [2.05, 4.69) is 15.3 Å². The Bertz CT molecular complexity index is 849. The molecule has 0 fully saturated rings. The van der Waals surface area contributed by atoms with Gasteiger partial charge in [0.2, 0.25) is 0 Å². The lowest BCUT2D eigenvalue weighted by Crippen LogP contribution is -2.40. The number of benzene rings is 1. The topological polar surface area (TPSA) is 67.4 Å². The number of urea groups is 1. The van der Waals surface area contributed by atoms with Gasteiger partial charge in [0.05, 0.1) is 6.54 Å². The minimum atomic E-state index is -0.112. The lowest BCUT2D eigenvalue weighted by molar-refractivity contribution is 0.206. The first kappa shape index (κ1) is 17.7. The van der Waals surface area contributed by atoms with Gasteiger partial charge in [-0.3, -0.25) is 9.97 Å². The summed E-state index contributed by atoms with van der Waals surface area (Å²) in [6.45, 7) is 1.46. The number of fused-ring (bicyclic) bond motifs is 1. The van der Waals surface area contributed by atoms with Crippen molar-refractivity contribution in [3.63, 3.8) is 0 Å². The lowest BCUT2D eigenvalue weighted by Gasteiger charge is -2.18. The summed E-state index contributed by atoms with van der Waals surface area (Å²) in [5.41, 5.74) is 1.99. The Kier molecular flexibility index (Phi) is 5.98. The van der Waals surface area contributed by atoms with E-state index in [0.717, 1.165) is 28.6 Å². The molecule has 0 bridgehead atoms. The van der Waals surface area contributed by atoms with Gasteiger partial charge in [-0.25, -0.2) is 4.79 Å². The number of carbonyl (C=O) groups excluding carboxylic acids is 1. The number of aromatic nitrogens is 2. The molecular formula is C20H22N4O2. The van der Waals surface area contributed by atoms with E-state index in [0.29, 0.717) is 19.7 Å². The first-order valence-corrected chi connectivity index (χ1v) is 8.58. The number of hydrogen-bond donors (Lipinski definition) is 1. The number of carbonyl (C=O) groups is 1. The van der Waals surface area contributed by atoms with Crippen LogP contribution in [-0.4, -0.2) is 47.6 Å². The highest BCUT2D eigenvalue weighted by Gasteiger charge is 2.08. The van der Waals surface area contributed by atoms with Crippen molar-refractivity contribution in [3.8, 4) is 5.75 Å². The monoisotopic (exact) mass is 350 g/mol. The number of nitrogens with zero attached hydrogens (tertiary/aromatic N) is 3. The van der Waals surface area contributed by atoms with E-state index in [4.69, 9.17) is 4.74 Å². The summed E-state index contributed by atoms with van der Waals surface area (Å²) in [7, 11) is 1.78. The van der Waals surface area contributed by atoms with Gasteiger partial charge in [0, 0.05) is 37.6 Å². The Balaban J connectivity index is 1.42. The Morgan fingerprint density at radius 3 is 2.77 bits per heavy atom. The van der Waals surface area contributed by atoms with Crippen LogP contribution in [0.25, 0.3) is 10.9 Å². The molecule has 6 heteroatoms. The highest BCUT2D eigenvalue weighted by atomic mass is 16.5. The van der Waals surface area contributed by atoms with E-state index >= 15 is 0 Å². The summed E-state index contributed by atoms with van der Waals surface area (Å²) in [5.74, 6) is 0.725. The molecule has 0 aliphatic heterocycles. The summed E-state index contributed by atoms with van der Waals surface area (Å²) in [6, 6.07) is 13.5. The fourth-order valence-corrected chi connectivity index (χ4v) is 2.59. The normalized spacial score (nSPS) is 10.5. The second-order valence-corrected chi connectivity index (χ2v) is 5.94. The minimum Gasteiger partial charge on any atom is -0.489 e. The molecule has 2 heterocycles. The molecule has 2 aromatic heterocycles. The Labute approximate surface area is 152 Å². The van der Waals surface area contributed by atoms with Crippen molar-refractivity contribution in [2.45, 2.75) is 6.42 Å². The first-order valence-electron chi connectivity index (χ1n) is 8.58. The maximum absolute atomic E-state index is 12.1. The first-order chi connectivity index (χ1) is 12.7. The fraction of sp³-hybridized carbons (Fsp3) is 0.250. The second kappa shape index (κ2) is 8.80. The van der Waals surface area contributed by atoms with Gasteiger partial charge in [-0.2, -0.15) is 0 Å². The summed E-state index contributed by atoms with van der Waals surface area (Å²) in [5, 5.41) is 3.90. The number of nitrogens with one attached hydrogen (secondary N) is 1. The van der Waals surface area contributed by atoms with Crippen molar-refractivity contribution in [1.29, 1.82) is 0 Å². The van der Waals surface area contributed by atoms with E-state index in [9.17, 15) is 4.79 Å². The second-order valence-electron chi connectivity index (χ2n) is 5.94. The molecule has 3 aromatic rings. The van der Waals surface area contributed by atoms with E-state index in [1.807, 2.05) is 42.5 Å². The number of para-hydroxylation sites is 1. The summed E-state index contributed by atoms with van der Waals surface area (Å²) in [4.78, 5) is 22.1. The zero-order valence-corrected chi connectivity index (χ0v) is 14.8. The lowest BCUT2D eigenvalue weighted by atomic mass is 10.2. The summed E-state index contributed by atoms with van der Waals surface area (Å²) >= 11 is 0. The third-order valence-electron chi connectivity index (χ3n) is 4.06. The molecule has 0 aliphatic rings. The Hall–Kier alpha value is -3.15. The minimum absolute atomic E-state index is 0.112. The average molecular weight is 350 g/mol. The molecule has 26 heavy (non-hydrogen) atoms. The van der Waals surface area contributed by atoms with E-state index in [1.165, 1.54) is 0 Å². The quantitative estimate of drug-likeness (QED) is 0.665. The van der Waals surface area contributed by atoms with E-state index in [-0.39, 0.29) is 6.03 Å². The van der Waals surface area contributed by atoms with E-state index in [1.54, 1.807) is 30.5 Å². The number of rotatable bonds is 7. The van der Waals surface area contributed by atoms with Crippen LogP contribution in [0.2, 0.25) is 0 Å². The number of ether oxygens (including phenoxy) is 1. The number of pyridine rings is 2. The zero-order chi connectivity index (χ0) is 18.2. The van der Waals surface area contributed by atoms with Crippen LogP contribution < -0.4 is 10.1 Å². The standard InChI is InChI=1S/C20H22N4O2/c1-24(14-9-16-7-11-21-12-8-16)20(25)23-13-15-26-18-6-2-4-17-5-3-10-22-19(17)18/h2-8,10-12H,9,13-15H2,1H3,(H,23,25). The largest absolute Gasteiger partial charge is 0.489 e. The molecule has 2 amide bonds. The van der Waals surface area contributed by atoms with Gasteiger partial charge in [0.25, 0.3) is 0 Å².